The fraction of sp³-hybridized carbons (Fsp3) is 0.286. The molecule has 1 amide bonds. The summed E-state index contributed by atoms with van der Waals surface area (Å²) in [5.41, 5.74) is 2.02. The maximum atomic E-state index is 11.5. The number of aryl methyl sites for hydroxylation is 1. The molecule has 0 spiro atoms. The van der Waals surface area contributed by atoms with Crippen molar-refractivity contribution in [2.24, 2.45) is 5.92 Å². The second-order valence-corrected chi connectivity index (χ2v) is 5.20. The SMILES string of the molecule is Cc1ccc(/C=C/C(=O)NCC(C)C(=O)O)c(Br)c1. The van der Waals surface area contributed by atoms with Crippen LogP contribution in [-0.2, 0) is 9.59 Å². The van der Waals surface area contributed by atoms with Crippen LogP contribution >= 0.6 is 15.9 Å². The predicted octanol–water partition coefficient (Wildman–Crippen LogP) is 2.61. The van der Waals surface area contributed by atoms with E-state index in [2.05, 4.69) is 21.2 Å². The summed E-state index contributed by atoms with van der Waals surface area (Å²) in [4.78, 5) is 22.1. The van der Waals surface area contributed by atoms with Gasteiger partial charge in [-0.3, -0.25) is 9.59 Å². The number of carboxylic acids is 1. The maximum absolute atomic E-state index is 11.5. The van der Waals surface area contributed by atoms with E-state index in [1.165, 1.54) is 6.08 Å². The number of carboxylic acid groups (broad SMARTS) is 1. The molecule has 1 rings (SSSR count). The van der Waals surface area contributed by atoms with Crippen LogP contribution in [0.5, 0.6) is 0 Å². The van der Waals surface area contributed by atoms with Crippen LogP contribution in [-0.4, -0.2) is 23.5 Å². The van der Waals surface area contributed by atoms with Crippen LogP contribution in [0, 0.1) is 12.8 Å². The first-order valence-electron chi connectivity index (χ1n) is 5.85. The van der Waals surface area contributed by atoms with Crippen LogP contribution in [0.15, 0.2) is 28.7 Å². The predicted molar refractivity (Wildman–Crippen MR) is 77.7 cm³/mol. The van der Waals surface area contributed by atoms with Crippen molar-refractivity contribution in [2.45, 2.75) is 13.8 Å². The van der Waals surface area contributed by atoms with Crippen molar-refractivity contribution in [1.29, 1.82) is 0 Å². The lowest BCUT2D eigenvalue weighted by Gasteiger charge is -2.06. The Hall–Kier alpha value is -1.62. The van der Waals surface area contributed by atoms with Crippen molar-refractivity contribution in [2.75, 3.05) is 6.54 Å². The van der Waals surface area contributed by atoms with E-state index < -0.39 is 11.9 Å². The molecule has 0 saturated heterocycles. The fourth-order valence-corrected chi connectivity index (χ4v) is 1.96. The van der Waals surface area contributed by atoms with Gasteiger partial charge in [0.25, 0.3) is 0 Å². The molecule has 5 heteroatoms. The van der Waals surface area contributed by atoms with Gasteiger partial charge in [0, 0.05) is 17.1 Å². The third-order valence-electron chi connectivity index (χ3n) is 2.57. The van der Waals surface area contributed by atoms with E-state index in [1.54, 1.807) is 13.0 Å². The number of rotatable bonds is 5. The summed E-state index contributed by atoms with van der Waals surface area (Å²) >= 11 is 3.42. The third-order valence-corrected chi connectivity index (χ3v) is 3.26. The van der Waals surface area contributed by atoms with E-state index in [0.29, 0.717) is 0 Å². The molecular weight excluding hydrogens is 310 g/mol. The normalized spacial score (nSPS) is 12.4. The van der Waals surface area contributed by atoms with Crippen molar-refractivity contribution in [3.8, 4) is 0 Å². The summed E-state index contributed by atoms with van der Waals surface area (Å²) in [7, 11) is 0. The van der Waals surface area contributed by atoms with Gasteiger partial charge < -0.3 is 10.4 Å². The van der Waals surface area contributed by atoms with Gasteiger partial charge in [-0.05, 0) is 30.2 Å². The van der Waals surface area contributed by atoms with Crippen molar-refractivity contribution in [1.82, 2.24) is 5.32 Å². The minimum atomic E-state index is -0.925. The van der Waals surface area contributed by atoms with Gasteiger partial charge in [-0.25, -0.2) is 0 Å². The Labute approximate surface area is 120 Å². The number of aliphatic carboxylic acids is 1. The summed E-state index contributed by atoms with van der Waals surface area (Å²) in [6, 6.07) is 5.82. The molecule has 2 N–H and O–H groups in total. The van der Waals surface area contributed by atoms with Crippen LogP contribution in [0.25, 0.3) is 6.08 Å². The zero-order chi connectivity index (χ0) is 14.4. The van der Waals surface area contributed by atoms with E-state index in [4.69, 9.17) is 5.11 Å². The Kier molecular flexibility index (Phi) is 5.76. The topological polar surface area (TPSA) is 66.4 Å². The first-order valence-corrected chi connectivity index (χ1v) is 6.64. The van der Waals surface area contributed by atoms with Gasteiger partial charge in [0.15, 0.2) is 0 Å². The maximum Gasteiger partial charge on any atom is 0.308 e. The lowest BCUT2D eigenvalue weighted by molar-refractivity contribution is -0.141. The highest BCUT2D eigenvalue weighted by molar-refractivity contribution is 9.10. The standard InChI is InChI=1S/C14H16BrNO3/c1-9-3-4-11(12(15)7-9)5-6-13(17)16-8-10(2)14(18)19/h3-7,10H,8H2,1-2H3,(H,16,17)(H,18,19)/b6-5+. The number of amides is 1. The van der Waals surface area contributed by atoms with E-state index in [1.807, 2.05) is 25.1 Å². The first kappa shape index (κ1) is 15.4. The lowest BCUT2D eigenvalue weighted by atomic mass is 10.1. The minimum Gasteiger partial charge on any atom is -0.481 e. The van der Waals surface area contributed by atoms with Crippen LogP contribution in [0.3, 0.4) is 0 Å². The Morgan fingerprint density at radius 2 is 2.16 bits per heavy atom. The van der Waals surface area contributed by atoms with Crippen molar-refractivity contribution >= 4 is 33.9 Å². The molecule has 0 saturated carbocycles. The summed E-state index contributed by atoms with van der Waals surface area (Å²) < 4.78 is 0.912. The van der Waals surface area contributed by atoms with E-state index in [-0.39, 0.29) is 12.5 Å². The summed E-state index contributed by atoms with van der Waals surface area (Å²) in [5.74, 6) is -1.82. The molecule has 0 aliphatic heterocycles. The van der Waals surface area contributed by atoms with Gasteiger partial charge in [0.1, 0.15) is 0 Å². The molecule has 0 heterocycles. The highest BCUT2D eigenvalue weighted by Crippen LogP contribution is 2.19. The minimum absolute atomic E-state index is 0.119. The van der Waals surface area contributed by atoms with Crippen LogP contribution in [0.1, 0.15) is 18.1 Å². The molecular formula is C14H16BrNO3. The van der Waals surface area contributed by atoms with E-state index in [9.17, 15) is 9.59 Å². The molecule has 4 nitrogen and oxygen atoms in total. The van der Waals surface area contributed by atoms with Crippen LogP contribution < -0.4 is 5.32 Å². The number of nitrogens with one attached hydrogen (secondary N) is 1. The third kappa shape index (κ3) is 5.26. The second kappa shape index (κ2) is 7.09. The van der Waals surface area contributed by atoms with Crippen LogP contribution in [0.2, 0.25) is 0 Å². The Morgan fingerprint density at radius 1 is 1.47 bits per heavy atom. The molecule has 1 atom stereocenters. The molecule has 0 fully saturated rings. The average molecular weight is 326 g/mol. The zero-order valence-corrected chi connectivity index (χ0v) is 12.4. The Balaban J connectivity index is 2.56. The summed E-state index contributed by atoms with van der Waals surface area (Å²) in [6.07, 6.45) is 3.08. The lowest BCUT2D eigenvalue weighted by Crippen LogP contribution is -2.30. The molecule has 1 aromatic carbocycles. The van der Waals surface area contributed by atoms with E-state index >= 15 is 0 Å². The molecule has 1 aromatic rings. The monoisotopic (exact) mass is 325 g/mol. The molecule has 0 radical (unpaired) electrons. The molecule has 0 bridgehead atoms. The summed E-state index contributed by atoms with van der Waals surface area (Å²) in [6.45, 7) is 3.65. The van der Waals surface area contributed by atoms with Crippen molar-refractivity contribution in [3.05, 3.63) is 39.9 Å². The highest BCUT2D eigenvalue weighted by Gasteiger charge is 2.10. The molecule has 0 aliphatic rings. The first-order chi connectivity index (χ1) is 8.90. The van der Waals surface area contributed by atoms with Gasteiger partial charge in [-0.1, -0.05) is 35.0 Å². The van der Waals surface area contributed by atoms with Crippen molar-refractivity contribution < 1.29 is 14.7 Å². The number of carbonyl (C=O) groups excluding carboxylic acids is 1. The Bertz CT molecular complexity index is 511. The number of halogens is 1. The molecule has 102 valence electrons. The van der Waals surface area contributed by atoms with Gasteiger partial charge in [0.05, 0.1) is 5.92 Å². The fourth-order valence-electron chi connectivity index (χ4n) is 1.33. The number of carbonyl (C=O) groups is 2. The number of hydrogen-bond acceptors (Lipinski definition) is 2. The van der Waals surface area contributed by atoms with Gasteiger partial charge in [0.2, 0.25) is 5.91 Å². The second-order valence-electron chi connectivity index (χ2n) is 4.34. The highest BCUT2D eigenvalue weighted by atomic mass is 79.9. The summed E-state index contributed by atoms with van der Waals surface area (Å²) in [5, 5.41) is 11.2. The average Bonchev–Trinajstić information content (AvgIpc) is 2.34. The van der Waals surface area contributed by atoms with Crippen molar-refractivity contribution in [3.63, 3.8) is 0 Å². The largest absolute Gasteiger partial charge is 0.481 e. The smallest absolute Gasteiger partial charge is 0.308 e. The molecule has 0 aromatic heterocycles. The Morgan fingerprint density at radius 3 is 2.74 bits per heavy atom. The quantitative estimate of drug-likeness (QED) is 0.818. The van der Waals surface area contributed by atoms with Gasteiger partial charge >= 0.3 is 5.97 Å². The van der Waals surface area contributed by atoms with Crippen LogP contribution in [0.4, 0.5) is 0 Å². The van der Waals surface area contributed by atoms with Gasteiger partial charge in [-0.15, -0.1) is 0 Å². The zero-order valence-electron chi connectivity index (χ0n) is 10.8. The molecule has 19 heavy (non-hydrogen) atoms. The van der Waals surface area contributed by atoms with E-state index in [0.717, 1.165) is 15.6 Å². The molecule has 0 aliphatic carbocycles. The molecule has 1 unspecified atom stereocenters. The number of benzene rings is 1. The van der Waals surface area contributed by atoms with Gasteiger partial charge in [-0.2, -0.15) is 0 Å². The number of hydrogen-bond donors (Lipinski definition) is 2.